The second-order valence-corrected chi connectivity index (χ2v) is 10.6. The summed E-state index contributed by atoms with van der Waals surface area (Å²) in [7, 11) is 0. The number of nitrogens with one attached hydrogen (secondary N) is 1. The van der Waals surface area contributed by atoms with E-state index in [9.17, 15) is 9.59 Å². The van der Waals surface area contributed by atoms with Gasteiger partial charge in [0.15, 0.2) is 0 Å². The van der Waals surface area contributed by atoms with Crippen molar-refractivity contribution in [3.05, 3.63) is 33.9 Å². The number of piperidine rings is 1. The van der Waals surface area contributed by atoms with E-state index in [1.807, 2.05) is 25.7 Å². The van der Waals surface area contributed by atoms with E-state index in [4.69, 9.17) is 39.5 Å². The normalized spacial score (nSPS) is 15.7. The largest absolute Gasteiger partial charge is 0.460 e. The summed E-state index contributed by atoms with van der Waals surface area (Å²) in [4.78, 5) is 35.8. The molecular formula is C23H30Cl2N6O3. The number of nitrogen functional groups attached to an aromatic ring is 2. The van der Waals surface area contributed by atoms with Gasteiger partial charge in [0.2, 0.25) is 5.95 Å². The lowest BCUT2D eigenvalue weighted by Crippen LogP contribution is -2.41. The van der Waals surface area contributed by atoms with Gasteiger partial charge in [-0.3, -0.25) is 15.0 Å². The molecule has 184 valence electrons. The molecule has 0 atom stereocenters. The van der Waals surface area contributed by atoms with E-state index in [-0.39, 0.29) is 33.5 Å². The Kier molecular flexibility index (Phi) is 7.59. The van der Waals surface area contributed by atoms with Gasteiger partial charge in [0, 0.05) is 18.7 Å². The molecule has 1 aliphatic heterocycles. The van der Waals surface area contributed by atoms with Crippen LogP contribution in [0.15, 0.2) is 18.2 Å². The van der Waals surface area contributed by atoms with Crippen molar-refractivity contribution in [1.82, 2.24) is 15.4 Å². The summed E-state index contributed by atoms with van der Waals surface area (Å²) < 4.78 is 5.49. The number of ether oxygens (including phenoxy) is 1. The molecule has 1 fully saturated rings. The number of halogens is 2. The van der Waals surface area contributed by atoms with Gasteiger partial charge < -0.3 is 15.4 Å². The third kappa shape index (κ3) is 5.89. The Hall–Kier alpha value is -2.62. The predicted molar refractivity (Wildman–Crippen MR) is 134 cm³/mol. The van der Waals surface area contributed by atoms with Gasteiger partial charge in [-0.2, -0.15) is 4.98 Å². The van der Waals surface area contributed by atoms with Crippen LogP contribution >= 0.6 is 23.2 Å². The SMILES string of the molecule is CC1(CC(=O)OC(C)(C)C)CCN(c2nc(N)c(-c3cccc(Cl)c3Cl)c(C(=O)NN)n2)CC1. The summed E-state index contributed by atoms with van der Waals surface area (Å²) in [6, 6.07) is 5.00. The van der Waals surface area contributed by atoms with Crippen molar-refractivity contribution < 1.29 is 14.3 Å². The fraction of sp³-hybridized carbons (Fsp3) is 0.478. The van der Waals surface area contributed by atoms with Gasteiger partial charge in [-0.25, -0.2) is 10.8 Å². The quantitative estimate of drug-likeness (QED) is 0.238. The average molecular weight is 509 g/mol. The maximum absolute atomic E-state index is 12.6. The van der Waals surface area contributed by atoms with E-state index in [0.29, 0.717) is 36.0 Å². The van der Waals surface area contributed by atoms with Crippen molar-refractivity contribution in [2.24, 2.45) is 11.3 Å². The molecule has 0 saturated carbocycles. The van der Waals surface area contributed by atoms with Crippen molar-refractivity contribution >= 4 is 46.8 Å². The Morgan fingerprint density at radius 1 is 1.21 bits per heavy atom. The molecule has 0 aliphatic carbocycles. The number of hydrogen-bond donors (Lipinski definition) is 3. The van der Waals surface area contributed by atoms with Crippen molar-refractivity contribution in [1.29, 1.82) is 0 Å². The maximum atomic E-state index is 12.6. The van der Waals surface area contributed by atoms with Gasteiger partial charge in [-0.1, -0.05) is 42.3 Å². The first-order valence-electron chi connectivity index (χ1n) is 10.9. The zero-order valence-corrected chi connectivity index (χ0v) is 21.3. The molecule has 9 nitrogen and oxygen atoms in total. The zero-order valence-electron chi connectivity index (χ0n) is 19.7. The van der Waals surface area contributed by atoms with E-state index in [0.717, 1.165) is 12.8 Å². The van der Waals surface area contributed by atoms with Crippen LogP contribution in [0.5, 0.6) is 0 Å². The number of carbonyl (C=O) groups is 2. The Balaban J connectivity index is 1.87. The topological polar surface area (TPSA) is 136 Å². The van der Waals surface area contributed by atoms with Crippen LogP contribution < -0.4 is 21.9 Å². The second kappa shape index (κ2) is 9.93. The Labute approximate surface area is 209 Å². The highest BCUT2D eigenvalue weighted by molar-refractivity contribution is 6.44. The average Bonchev–Trinajstić information content (AvgIpc) is 2.73. The van der Waals surface area contributed by atoms with E-state index >= 15 is 0 Å². The highest BCUT2D eigenvalue weighted by atomic mass is 35.5. The van der Waals surface area contributed by atoms with Crippen LogP contribution in [0.2, 0.25) is 10.0 Å². The van der Waals surface area contributed by atoms with Crippen LogP contribution in [-0.2, 0) is 9.53 Å². The smallest absolute Gasteiger partial charge is 0.306 e. The van der Waals surface area contributed by atoms with Crippen LogP contribution in [0.25, 0.3) is 11.1 Å². The number of nitrogens with zero attached hydrogens (tertiary/aromatic N) is 3. The first-order valence-corrected chi connectivity index (χ1v) is 11.7. The number of hydrazine groups is 1. The van der Waals surface area contributed by atoms with Gasteiger partial charge in [-0.15, -0.1) is 0 Å². The van der Waals surface area contributed by atoms with Crippen LogP contribution in [0, 0.1) is 5.41 Å². The van der Waals surface area contributed by atoms with Gasteiger partial charge in [0.1, 0.15) is 17.1 Å². The van der Waals surface area contributed by atoms with Crippen molar-refractivity contribution in [2.75, 3.05) is 23.7 Å². The Morgan fingerprint density at radius 3 is 2.44 bits per heavy atom. The van der Waals surface area contributed by atoms with Crippen LogP contribution in [0.3, 0.4) is 0 Å². The van der Waals surface area contributed by atoms with E-state index in [2.05, 4.69) is 22.3 Å². The molecule has 0 unspecified atom stereocenters. The van der Waals surface area contributed by atoms with Gasteiger partial charge in [0.25, 0.3) is 5.91 Å². The Bertz CT molecular complexity index is 1090. The summed E-state index contributed by atoms with van der Waals surface area (Å²) in [5.74, 6) is 4.94. The second-order valence-electron chi connectivity index (χ2n) is 9.77. The summed E-state index contributed by atoms with van der Waals surface area (Å²) in [5, 5.41) is 0.538. The molecule has 0 spiro atoms. The van der Waals surface area contributed by atoms with Crippen LogP contribution in [0.1, 0.15) is 57.4 Å². The lowest BCUT2D eigenvalue weighted by molar-refractivity contribution is -0.157. The molecule has 5 N–H and O–H groups in total. The molecule has 11 heteroatoms. The molecule has 0 radical (unpaired) electrons. The minimum absolute atomic E-state index is 0.00347. The molecule has 2 aromatic rings. The summed E-state index contributed by atoms with van der Waals surface area (Å²) in [6.45, 7) is 8.80. The minimum Gasteiger partial charge on any atom is -0.460 e. The monoisotopic (exact) mass is 508 g/mol. The highest BCUT2D eigenvalue weighted by Crippen LogP contribution is 2.40. The van der Waals surface area contributed by atoms with Crippen molar-refractivity contribution in [2.45, 2.75) is 52.6 Å². The molecule has 1 amide bonds. The summed E-state index contributed by atoms with van der Waals surface area (Å²) in [6.07, 6.45) is 1.76. The van der Waals surface area contributed by atoms with E-state index in [1.165, 1.54) is 0 Å². The maximum Gasteiger partial charge on any atom is 0.306 e. The lowest BCUT2D eigenvalue weighted by Gasteiger charge is -2.39. The molecule has 1 aromatic heterocycles. The number of amides is 1. The van der Waals surface area contributed by atoms with Crippen molar-refractivity contribution in [3.8, 4) is 11.1 Å². The Morgan fingerprint density at radius 2 is 1.85 bits per heavy atom. The third-order valence-electron chi connectivity index (χ3n) is 5.74. The fourth-order valence-electron chi connectivity index (χ4n) is 3.95. The minimum atomic E-state index is -0.631. The van der Waals surface area contributed by atoms with Gasteiger partial charge >= 0.3 is 5.97 Å². The molecule has 1 aliphatic rings. The zero-order chi connectivity index (χ0) is 25.3. The highest BCUT2D eigenvalue weighted by Gasteiger charge is 2.35. The number of benzene rings is 1. The number of esters is 1. The third-order valence-corrected chi connectivity index (χ3v) is 6.56. The lowest BCUT2D eigenvalue weighted by atomic mass is 9.77. The molecule has 0 bridgehead atoms. The number of anilines is 2. The van der Waals surface area contributed by atoms with Gasteiger partial charge in [-0.05, 0) is 45.1 Å². The van der Waals surface area contributed by atoms with Crippen molar-refractivity contribution in [3.63, 3.8) is 0 Å². The van der Waals surface area contributed by atoms with Crippen LogP contribution in [0.4, 0.5) is 11.8 Å². The first kappa shape index (κ1) is 26.0. The van der Waals surface area contributed by atoms with E-state index in [1.54, 1.807) is 18.2 Å². The summed E-state index contributed by atoms with van der Waals surface area (Å²) in [5.41, 5.74) is 8.34. The fourth-order valence-corrected chi connectivity index (χ4v) is 4.35. The molecule has 3 rings (SSSR count). The van der Waals surface area contributed by atoms with Gasteiger partial charge in [0.05, 0.1) is 22.0 Å². The molecule has 1 saturated heterocycles. The van der Waals surface area contributed by atoms with E-state index < -0.39 is 11.5 Å². The molecular weight excluding hydrogens is 479 g/mol. The first-order chi connectivity index (χ1) is 15.8. The molecule has 34 heavy (non-hydrogen) atoms. The predicted octanol–water partition coefficient (Wildman–Crippen LogP) is 3.97. The molecule has 1 aromatic carbocycles. The van der Waals surface area contributed by atoms with Crippen LogP contribution in [-0.4, -0.2) is 40.5 Å². The standard InChI is InChI=1S/C23H30Cl2N6O3/c1-22(2,3)34-15(32)12-23(4)8-10-31(11-9-23)21-28-18(20(33)30-27)16(19(26)29-21)13-6-5-7-14(24)17(13)25/h5-7H,8-12,27H2,1-4H3,(H,30,33)(H2,26,28,29). The number of hydrogen-bond acceptors (Lipinski definition) is 8. The number of rotatable bonds is 5. The molecule has 2 heterocycles. The number of aromatic nitrogens is 2. The number of carbonyl (C=O) groups excluding carboxylic acids is 2. The number of nitrogens with two attached hydrogens (primary N) is 2. The summed E-state index contributed by atoms with van der Waals surface area (Å²) >= 11 is 12.5.